The smallest absolute Gasteiger partial charge is 0.293 e. The van der Waals surface area contributed by atoms with Crippen LogP contribution in [0.15, 0.2) is 51.8 Å². The average Bonchev–Trinajstić information content (AvgIpc) is 3.30. The van der Waals surface area contributed by atoms with E-state index in [0.717, 1.165) is 43.6 Å². The maximum absolute atomic E-state index is 12.6. The molecule has 2 fully saturated rings. The van der Waals surface area contributed by atoms with Crippen LogP contribution in [0.5, 0.6) is 0 Å². The molecule has 2 aliphatic rings. The van der Waals surface area contributed by atoms with E-state index >= 15 is 0 Å². The summed E-state index contributed by atoms with van der Waals surface area (Å²) in [4.78, 5) is 28.9. The summed E-state index contributed by atoms with van der Waals surface area (Å²) >= 11 is 0.993. The predicted molar refractivity (Wildman–Crippen MR) is 112 cm³/mol. The van der Waals surface area contributed by atoms with Crippen LogP contribution in [0, 0.1) is 0 Å². The van der Waals surface area contributed by atoms with Gasteiger partial charge in [-0.1, -0.05) is 30.3 Å². The third kappa shape index (κ3) is 4.33. The molecule has 0 saturated carbocycles. The lowest BCUT2D eigenvalue weighted by molar-refractivity contribution is -0.122. The van der Waals surface area contributed by atoms with Gasteiger partial charge in [-0.2, -0.15) is 0 Å². The molecule has 4 rings (SSSR count). The number of amides is 2. The van der Waals surface area contributed by atoms with Gasteiger partial charge in [0.2, 0.25) is 0 Å². The van der Waals surface area contributed by atoms with Gasteiger partial charge < -0.3 is 9.32 Å². The maximum atomic E-state index is 12.6. The molecule has 0 aliphatic carbocycles. The second-order valence-corrected chi connectivity index (χ2v) is 8.14. The maximum Gasteiger partial charge on any atom is 0.293 e. The Labute approximate surface area is 169 Å². The molecular weight excluding hydrogens is 372 g/mol. The number of nitrogens with zero attached hydrogens (tertiary/aromatic N) is 2. The van der Waals surface area contributed by atoms with Gasteiger partial charge in [-0.25, -0.2) is 0 Å². The fourth-order valence-corrected chi connectivity index (χ4v) is 4.46. The van der Waals surface area contributed by atoms with Crippen LogP contribution in [-0.2, 0) is 11.2 Å². The van der Waals surface area contributed by atoms with Gasteiger partial charge in [0.05, 0.1) is 4.91 Å². The zero-order valence-corrected chi connectivity index (χ0v) is 16.6. The number of furan rings is 1. The van der Waals surface area contributed by atoms with E-state index in [1.54, 1.807) is 6.08 Å². The number of carbonyl (C=O) groups is 2. The minimum atomic E-state index is -0.223. The molecule has 2 aromatic rings. The molecule has 3 heterocycles. The summed E-state index contributed by atoms with van der Waals surface area (Å²) in [6.45, 7) is 2.45. The SMILES string of the molecule is O=C1S/C(=C/c2ccc(N3CCCCC3)o2)C(=O)N1CCCc1ccccc1. The van der Waals surface area contributed by atoms with E-state index in [-0.39, 0.29) is 11.1 Å². The largest absolute Gasteiger partial charge is 0.441 e. The number of anilines is 1. The van der Waals surface area contributed by atoms with Crippen molar-refractivity contribution in [3.05, 3.63) is 58.7 Å². The summed E-state index contributed by atoms with van der Waals surface area (Å²) in [5.74, 6) is 1.24. The van der Waals surface area contributed by atoms with Crippen LogP contribution in [0.2, 0.25) is 0 Å². The van der Waals surface area contributed by atoms with Crippen molar-refractivity contribution in [2.75, 3.05) is 24.5 Å². The minimum absolute atomic E-state index is 0.202. The summed E-state index contributed by atoms with van der Waals surface area (Å²) in [5.41, 5.74) is 1.21. The molecule has 0 N–H and O–H groups in total. The van der Waals surface area contributed by atoms with Crippen LogP contribution in [0.1, 0.15) is 37.0 Å². The van der Waals surface area contributed by atoms with Crippen LogP contribution in [-0.4, -0.2) is 35.7 Å². The molecule has 1 aromatic heterocycles. The molecular formula is C22H24N2O3S. The van der Waals surface area contributed by atoms with Crippen LogP contribution in [0.4, 0.5) is 10.7 Å². The molecule has 0 spiro atoms. The Morgan fingerprint density at radius 3 is 2.57 bits per heavy atom. The van der Waals surface area contributed by atoms with Crippen LogP contribution < -0.4 is 4.90 Å². The van der Waals surface area contributed by atoms with Gasteiger partial charge in [0.15, 0.2) is 5.88 Å². The molecule has 146 valence electrons. The lowest BCUT2D eigenvalue weighted by atomic mass is 10.1. The van der Waals surface area contributed by atoms with Crippen LogP contribution in [0.25, 0.3) is 6.08 Å². The van der Waals surface area contributed by atoms with Gasteiger partial charge in [0, 0.05) is 31.8 Å². The molecule has 0 unspecified atom stereocenters. The Kier molecular flexibility index (Phi) is 5.86. The van der Waals surface area contributed by atoms with Crippen molar-refractivity contribution in [3.8, 4) is 0 Å². The van der Waals surface area contributed by atoms with Crippen molar-refractivity contribution in [2.24, 2.45) is 0 Å². The monoisotopic (exact) mass is 396 g/mol. The molecule has 6 heteroatoms. The molecule has 28 heavy (non-hydrogen) atoms. The van der Waals surface area contributed by atoms with Crippen LogP contribution in [0.3, 0.4) is 0 Å². The first kappa shape index (κ1) is 18.9. The van der Waals surface area contributed by atoms with E-state index in [1.807, 2.05) is 30.3 Å². The fraction of sp³-hybridized carbons (Fsp3) is 0.364. The minimum Gasteiger partial charge on any atom is -0.441 e. The number of benzene rings is 1. The number of rotatable bonds is 6. The highest BCUT2D eigenvalue weighted by molar-refractivity contribution is 8.18. The lowest BCUT2D eigenvalue weighted by Gasteiger charge is -2.25. The van der Waals surface area contributed by atoms with Gasteiger partial charge in [-0.05, 0) is 55.5 Å². The zero-order valence-electron chi connectivity index (χ0n) is 15.8. The van der Waals surface area contributed by atoms with Gasteiger partial charge in [-0.15, -0.1) is 0 Å². The van der Waals surface area contributed by atoms with Crippen molar-refractivity contribution >= 4 is 34.9 Å². The number of hydrogen-bond acceptors (Lipinski definition) is 5. The number of imide groups is 1. The molecule has 5 nitrogen and oxygen atoms in total. The second-order valence-electron chi connectivity index (χ2n) is 7.15. The zero-order chi connectivity index (χ0) is 19.3. The summed E-state index contributed by atoms with van der Waals surface area (Å²) in [7, 11) is 0. The Balaban J connectivity index is 1.37. The number of aryl methyl sites for hydroxylation is 1. The Morgan fingerprint density at radius 1 is 1.00 bits per heavy atom. The van der Waals surface area contributed by atoms with E-state index in [1.165, 1.54) is 29.7 Å². The summed E-state index contributed by atoms with van der Waals surface area (Å²) in [6.07, 6.45) is 6.92. The molecule has 0 bridgehead atoms. The van der Waals surface area contributed by atoms with Gasteiger partial charge in [0.25, 0.3) is 11.1 Å². The Bertz CT molecular complexity index is 869. The van der Waals surface area contributed by atoms with E-state index in [0.29, 0.717) is 17.2 Å². The molecule has 2 saturated heterocycles. The molecule has 0 radical (unpaired) electrons. The highest BCUT2D eigenvalue weighted by Gasteiger charge is 2.34. The quantitative estimate of drug-likeness (QED) is 0.648. The molecule has 1 aromatic carbocycles. The number of hydrogen-bond donors (Lipinski definition) is 0. The third-order valence-corrected chi connectivity index (χ3v) is 6.02. The topological polar surface area (TPSA) is 53.8 Å². The number of piperidine rings is 1. The van der Waals surface area contributed by atoms with Gasteiger partial charge in [-0.3, -0.25) is 14.5 Å². The summed E-state index contributed by atoms with van der Waals surface area (Å²) < 4.78 is 5.90. The summed E-state index contributed by atoms with van der Waals surface area (Å²) in [5, 5.41) is -0.202. The molecule has 2 amide bonds. The first-order valence-corrected chi connectivity index (χ1v) is 10.7. The normalized spacial score (nSPS) is 19.1. The fourth-order valence-electron chi connectivity index (χ4n) is 3.61. The van der Waals surface area contributed by atoms with E-state index in [9.17, 15) is 9.59 Å². The summed E-state index contributed by atoms with van der Waals surface area (Å²) in [6, 6.07) is 13.9. The first-order chi connectivity index (χ1) is 13.7. The van der Waals surface area contributed by atoms with E-state index < -0.39 is 0 Å². The van der Waals surface area contributed by atoms with Crippen molar-refractivity contribution in [3.63, 3.8) is 0 Å². The molecule has 2 aliphatic heterocycles. The van der Waals surface area contributed by atoms with Gasteiger partial charge in [0.1, 0.15) is 5.76 Å². The standard InChI is InChI=1S/C22H24N2O3S/c25-21-19(16-18-11-12-20(27-18)23-13-5-2-6-14-23)28-22(26)24(21)15-7-10-17-8-3-1-4-9-17/h1,3-4,8-9,11-12,16H,2,5-7,10,13-15H2/b19-16+. The van der Waals surface area contributed by atoms with Crippen molar-refractivity contribution in [1.82, 2.24) is 4.90 Å². The van der Waals surface area contributed by atoms with Crippen molar-refractivity contribution in [1.29, 1.82) is 0 Å². The third-order valence-electron chi connectivity index (χ3n) is 5.12. The second kappa shape index (κ2) is 8.69. The lowest BCUT2D eigenvalue weighted by Crippen LogP contribution is -2.29. The van der Waals surface area contributed by atoms with Crippen molar-refractivity contribution < 1.29 is 14.0 Å². The van der Waals surface area contributed by atoms with Crippen molar-refractivity contribution in [2.45, 2.75) is 32.1 Å². The average molecular weight is 397 g/mol. The van der Waals surface area contributed by atoms with Gasteiger partial charge >= 0.3 is 0 Å². The van der Waals surface area contributed by atoms with E-state index in [4.69, 9.17) is 4.42 Å². The first-order valence-electron chi connectivity index (χ1n) is 9.85. The number of carbonyl (C=O) groups excluding carboxylic acids is 2. The van der Waals surface area contributed by atoms with Crippen LogP contribution >= 0.6 is 11.8 Å². The Hall–Kier alpha value is -2.47. The Morgan fingerprint density at radius 2 is 1.79 bits per heavy atom. The predicted octanol–water partition coefficient (Wildman–Crippen LogP) is 4.94. The van der Waals surface area contributed by atoms with E-state index in [2.05, 4.69) is 17.0 Å². The number of thioether (sulfide) groups is 1. The molecule has 0 atom stereocenters. The highest BCUT2D eigenvalue weighted by atomic mass is 32.2. The highest BCUT2D eigenvalue weighted by Crippen LogP contribution is 2.33.